The van der Waals surface area contributed by atoms with Crippen LogP contribution >= 0.6 is 0 Å². The summed E-state index contributed by atoms with van der Waals surface area (Å²) < 4.78 is 5.39. The number of nitrogens with zero attached hydrogens (tertiary/aromatic N) is 1. The molecule has 2 aromatic carbocycles. The second-order valence-corrected chi connectivity index (χ2v) is 5.85. The summed E-state index contributed by atoms with van der Waals surface area (Å²) >= 11 is 0. The molecule has 1 aliphatic heterocycles. The zero-order chi connectivity index (χ0) is 16.9. The van der Waals surface area contributed by atoms with Gasteiger partial charge in [0.15, 0.2) is 0 Å². The molecule has 1 heterocycles. The molecule has 1 aliphatic rings. The number of carbonyl (C=O) groups excluding carboxylic acids is 2. The van der Waals surface area contributed by atoms with Crippen molar-refractivity contribution in [3.63, 3.8) is 0 Å². The molecular formula is C19H20N2O3. The molecule has 124 valence electrons. The molecule has 2 amide bonds. The largest absolute Gasteiger partial charge is 0.439 e. The Bertz CT molecular complexity index is 730. The van der Waals surface area contributed by atoms with E-state index in [4.69, 9.17) is 4.74 Å². The van der Waals surface area contributed by atoms with Crippen LogP contribution in [-0.2, 0) is 4.74 Å². The fourth-order valence-corrected chi connectivity index (χ4v) is 2.72. The van der Waals surface area contributed by atoms with E-state index >= 15 is 0 Å². The molecule has 0 radical (unpaired) electrons. The lowest BCUT2D eigenvalue weighted by atomic mass is 10.1. The number of benzene rings is 2. The third-order valence-corrected chi connectivity index (χ3v) is 4.01. The molecule has 0 aliphatic carbocycles. The minimum atomic E-state index is -0.339. The SMILES string of the molecule is Cc1cccc(C(=O)NCCN2CC(c3ccccc3)OC2=O)c1. The predicted octanol–water partition coefficient (Wildman–Crippen LogP) is 2.92. The van der Waals surface area contributed by atoms with Crippen molar-refractivity contribution in [3.05, 3.63) is 71.3 Å². The first-order chi connectivity index (χ1) is 11.6. The summed E-state index contributed by atoms with van der Waals surface area (Å²) in [5, 5.41) is 2.84. The van der Waals surface area contributed by atoms with Gasteiger partial charge in [-0.3, -0.25) is 4.79 Å². The molecule has 1 saturated heterocycles. The molecular weight excluding hydrogens is 304 g/mol. The number of aryl methyl sites for hydroxylation is 1. The summed E-state index contributed by atoms with van der Waals surface area (Å²) in [6.45, 7) is 3.27. The summed E-state index contributed by atoms with van der Waals surface area (Å²) in [6, 6.07) is 17.1. The standard InChI is InChI=1S/C19H20N2O3/c1-14-6-5-9-16(12-14)18(22)20-10-11-21-13-17(24-19(21)23)15-7-3-2-4-8-15/h2-9,12,17H,10-11,13H2,1H3,(H,20,22). The molecule has 1 fully saturated rings. The summed E-state index contributed by atoms with van der Waals surface area (Å²) in [6.07, 6.45) is -0.583. The second kappa shape index (κ2) is 7.17. The molecule has 1 N–H and O–H groups in total. The van der Waals surface area contributed by atoms with Crippen molar-refractivity contribution >= 4 is 12.0 Å². The van der Waals surface area contributed by atoms with Crippen LogP contribution in [0.5, 0.6) is 0 Å². The third-order valence-electron chi connectivity index (χ3n) is 4.01. The summed E-state index contributed by atoms with van der Waals surface area (Å²) in [5.41, 5.74) is 2.65. The fourth-order valence-electron chi connectivity index (χ4n) is 2.72. The highest BCUT2D eigenvalue weighted by Crippen LogP contribution is 2.25. The summed E-state index contributed by atoms with van der Waals surface area (Å²) in [5.74, 6) is -0.133. The van der Waals surface area contributed by atoms with Gasteiger partial charge < -0.3 is 15.0 Å². The van der Waals surface area contributed by atoms with Gasteiger partial charge in [-0.05, 0) is 24.6 Å². The highest BCUT2D eigenvalue weighted by Gasteiger charge is 2.31. The van der Waals surface area contributed by atoms with E-state index in [1.54, 1.807) is 11.0 Å². The van der Waals surface area contributed by atoms with Crippen molar-refractivity contribution < 1.29 is 14.3 Å². The van der Waals surface area contributed by atoms with Gasteiger partial charge in [0.1, 0.15) is 6.10 Å². The number of carbonyl (C=O) groups is 2. The van der Waals surface area contributed by atoms with Crippen molar-refractivity contribution in [2.24, 2.45) is 0 Å². The molecule has 3 rings (SSSR count). The Labute approximate surface area is 141 Å². The quantitative estimate of drug-likeness (QED) is 0.920. The number of rotatable bonds is 5. The van der Waals surface area contributed by atoms with Crippen LogP contribution in [0.25, 0.3) is 0 Å². The van der Waals surface area contributed by atoms with Gasteiger partial charge in [-0.25, -0.2) is 4.79 Å². The molecule has 0 bridgehead atoms. The zero-order valence-electron chi connectivity index (χ0n) is 13.6. The highest BCUT2D eigenvalue weighted by molar-refractivity contribution is 5.94. The predicted molar refractivity (Wildman–Crippen MR) is 90.7 cm³/mol. The second-order valence-electron chi connectivity index (χ2n) is 5.85. The van der Waals surface area contributed by atoms with Crippen molar-refractivity contribution in [3.8, 4) is 0 Å². The van der Waals surface area contributed by atoms with Crippen LogP contribution in [0.1, 0.15) is 27.6 Å². The van der Waals surface area contributed by atoms with E-state index in [1.807, 2.05) is 55.5 Å². The Balaban J connectivity index is 1.50. The van der Waals surface area contributed by atoms with Gasteiger partial charge in [-0.2, -0.15) is 0 Å². The first-order valence-electron chi connectivity index (χ1n) is 7.99. The van der Waals surface area contributed by atoms with Crippen molar-refractivity contribution in [1.82, 2.24) is 10.2 Å². The average Bonchev–Trinajstić information content (AvgIpc) is 2.96. The maximum atomic E-state index is 12.1. The highest BCUT2D eigenvalue weighted by atomic mass is 16.6. The number of hydrogen-bond donors (Lipinski definition) is 1. The Hall–Kier alpha value is -2.82. The van der Waals surface area contributed by atoms with Crippen molar-refractivity contribution in [2.45, 2.75) is 13.0 Å². The Morgan fingerprint density at radius 1 is 1.21 bits per heavy atom. The number of ether oxygens (including phenoxy) is 1. The van der Waals surface area contributed by atoms with Crippen LogP contribution in [0.3, 0.4) is 0 Å². The number of nitrogens with one attached hydrogen (secondary N) is 1. The molecule has 2 aromatic rings. The first-order valence-corrected chi connectivity index (χ1v) is 7.99. The normalized spacial score (nSPS) is 16.8. The van der Waals surface area contributed by atoms with E-state index in [9.17, 15) is 9.59 Å². The molecule has 1 atom stereocenters. The molecule has 0 aromatic heterocycles. The van der Waals surface area contributed by atoms with E-state index in [2.05, 4.69) is 5.32 Å². The van der Waals surface area contributed by atoms with Crippen LogP contribution in [0.15, 0.2) is 54.6 Å². The smallest absolute Gasteiger partial charge is 0.410 e. The number of hydrogen-bond acceptors (Lipinski definition) is 3. The van der Waals surface area contributed by atoms with Gasteiger partial charge in [0.25, 0.3) is 5.91 Å². The topological polar surface area (TPSA) is 58.6 Å². The van der Waals surface area contributed by atoms with Crippen LogP contribution in [0.2, 0.25) is 0 Å². The lowest BCUT2D eigenvalue weighted by Crippen LogP contribution is -2.35. The maximum absolute atomic E-state index is 12.1. The monoisotopic (exact) mass is 324 g/mol. The molecule has 5 nitrogen and oxygen atoms in total. The minimum absolute atomic E-state index is 0.133. The molecule has 0 spiro atoms. The fraction of sp³-hybridized carbons (Fsp3) is 0.263. The first kappa shape index (κ1) is 16.1. The van der Waals surface area contributed by atoms with E-state index in [0.29, 0.717) is 25.2 Å². The van der Waals surface area contributed by atoms with E-state index in [-0.39, 0.29) is 18.1 Å². The van der Waals surface area contributed by atoms with Gasteiger partial charge in [0.05, 0.1) is 6.54 Å². The van der Waals surface area contributed by atoms with Gasteiger partial charge in [0, 0.05) is 18.7 Å². The van der Waals surface area contributed by atoms with Crippen LogP contribution in [0.4, 0.5) is 4.79 Å². The van der Waals surface area contributed by atoms with Gasteiger partial charge in [-0.1, -0.05) is 48.0 Å². The van der Waals surface area contributed by atoms with Crippen LogP contribution in [-0.4, -0.2) is 36.5 Å². The average molecular weight is 324 g/mol. The van der Waals surface area contributed by atoms with E-state index in [0.717, 1.165) is 11.1 Å². The number of amides is 2. The van der Waals surface area contributed by atoms with Gasteiger partial charge in [-0.15, -0.1) is 0 Å². The Morgan fingerprint density at radius 3 is 2.75 bits per heavy atom. The Kier molecular flexibility index (Phi) is 4.79. The Morgan fingerprint density at radius 2 is 2.00 bits per heavy atom. The van der Waals surface area contributed by atoms with E-state index < -0.39 is 0 Å². The van der Waals surface area contributed by atoms with Crippen molar-refractivity contribution in [2.75, 3.05) is 19.6 Å². The molecule has 5 heteroatoms. The minimum Gasteiger partial charge on any atom is -0.439 e. The lowest BCUT2D eigenvalue weighted by molar-refractivity contribution is 0.0948. The maximum Gasteiger partial charge on any atom is 0.410 e. The van der Waals surface area contributed by atoms with Crippen LogP contribution < -0.4 is 5.32 Å². The third kappa shape index (κ3) is 3.74. The molecule has 1 unspecified atom stereocenters. The van der Waals surface area contributed by atoms with Gasteiger partial charge in [0.2, 0.25) is 0 Å². The lowest BCUT2D eigenvalue weighted by Gasteiger charge is -2.13. The molecule has 0 saturated carbocycles. The van der Waals surface area contributed by atoms with Crippen molar-refractivity contribution in [1.29, 1.82) is 0 Å². The van der Waals surface area contributed by atoms with Gasteiger partial charge >= 0.3 is 6.09 Å². The molecule has 24 heavy (non-hydrogen) atoms. The van der Waals surface area contributed by atoms with Crippen LogP contribution in [0, 0.1) is 6.92 Å². The summed E-state index contributed by atoms with van der Waals surface area (Å²) in [4.78, 5) is 25.7. The zero-order valence-corrected chi connectivity index (χ0v) is 13.6. The van der Waals surface area contributed by atoms with E-state index in [1.165, 1.54) is 0 Å². The number of cyclic esters (lactones) is 1. The summed E-state index contributed by atoms with van der Waals surface area (Å²) in [7, 11) is 0.